The summed E-state index contributed by atoms with van der Waals surface area (Å²) in [5, 5.41) is 11.3. The van der Waals surface area contributed by atoms with Gasteiger partial charge < -0.3 is 24.4 Å². The number of hydrogen-bond acceptors (Lipinski definition) is 10. The number of benzene rings is 2. The number of piperidine rings is 2. The van der Waals surface area contributed by atoms with Crippen LogP contribution in [0.15, 0.2) is 24.3 Å². The van der Waals surface area contributed by atoms with E-state index in [2.05, 4.69) is 20.8 Å². The molecular formula is C42H40F6N6O4. The first-order valence-corrected chi connectivity index (χ1v) is 19.7. The lowest BCUT2D eigenvalue weighted by atomic mass is 9.58. The van der Waals surface area contributed by atoms with E-state index in [1.807, 2.05) is 9.80 Å². The number of aromatic nitrogens is 3. The lowest BCUT2D eigenvalue weighted by Gasteiger charge is -2.73. The highest BCUT2D eigenvalue weighted by molar-refractivity contribution is 6.04. The molecule has 4 saturated heterocycles. The van der Waals surface area contributed by atoms with Gasteiger partial charge >= 0.3 is 12.2 Å². The molecule has 16 heteroatoms. The van der Waals surface area contributed by atoms with E-state index in [-0.39, 0.29) is 119 Å². The van der Waals surface area contributed by atoms with Crippen molar-refractivity contribution in [3.63, 3.8) is 0 Å². The summed E-state index contributed by atoms with van der Waals surface area (Å²) in [7, 11) is 1.34. The Hall–Kier alpha value is -4.88. The Morgan fingerprint density at radius 3 is 2.34 bits per heavy atom. The van der Waals surface area contributed by atoms with E-state index in [0.29, 0.717) is 37.9 Å². The Bertz CT molecular complexity index is 2420. The fraction of sp³-hybridized carbons (Fsp3) is 0.524. The predicted molar refractivity (Wildman–Crippen MR) is 200 cm³/mol. The third-order valence-electron chi connectivity index (χ3n) is 13.6. The number of aromatic hydroxyl groups is 1. The number of alkyl halides is 4. The lowest BCUT2D eigenvalue weighted by Crippen LogP contribution is -2.87. The minimum absolute atomic E-state index is 0.00242. The summed E-state index contributed by atoms with van der Waals surface area (Å²) in [6.45, 7) is 2.77. The van der Waals surface area contributed by atoms with Gasteiger partial charge in [-0.1, -0.05) is 12.0 Å². The average molecular weight is 807 g/mol. The van der Waals surface area contributed by atoms with Gasteiger partial charge in [-0.25, -0.2) is 18.2 Å². The van der Waals surface area contributed by atoms with Crippen molar-refractivity contribution >= 4 is 33.3 Å². The maximum absolute atomic E-state index is 17.3. The number of pyridine rings is 1. The Morgan fingerprint density at radius 2 is 1.72 bits per heavy atom. The van der Waals surface area contributed by atoms with E-state index in [0.717, 1.165) is 18.9 Å². The third-order valence-corrected chi connectivity index (χ3v) is 13.6. The summed E-state index contributed by atoms with van der Waals surface area (Å²) in [5.41, 5.74) is -4.30. The summed E-state index contributed by atoms with van der Waals surface area (Å²) in [4.78, 5) is 33.6. The van der Waals surface area contributed by atoms with E-state index in [1.165, 1.54) is 25.3 Å². The van der Waals surface area contributed by atoms with Crippen molar-refractivity contribution in [3.8, 4) is 41.2 Å². The van der Waals surface area contributed by atoms with Crippen molar-refractivity contribution in [2.75, 3.05) is 51.3 Å². The quantitative estimate of drug-likeness (QED) is 0.137. The van der Waals surface area contributed by atoms with Gasteiger partial charge in [-0.2, -0.15) is 23.1 Å². The molecule has 0 spiro atoms. The van der Waals surface area contributed by atoms with Crippen LogP contribution in [0.2, 0.25) is 0 Å². The normalized spacial score (nSPS) is 26.1. The van der Waals surface area contributed by atoms with Crippen LogP contribution in [-0.2, 0) is 4.79 Å². The van der Waals surface area contributed by atoms with Crippen molar-refractivity contribution < 1.29 is 45.7 Å². The molecule has 10 rings (SSSR count). The maximum atomic E-state index is 17.3. The minimum atomic E-state index is -4.59. The van der Waals surface area contributed by atoms with Crippen LogP contribution >= 0.6 is 0 Å². The van der Waals surface area contributed by atoms with Crippen molar-refractivity contribution in [2.24, 2.45) is 10.8 Å². The fourth-order valence-electron chi connectivity index (χ4n) is 10.4. The Labute approximate surface area is 329 Å². The third kappa shape index (κ3) is 5.55. The number of piperazine rings is 1. The molecule has 304 valence electrons. The molecule has 0 bridgehead atoms. The number of carbonyl (C=O) groups excluding carboxylic acids is 1. The van der Waals surface area contributed by atoms with Gasteiger partial charge in [0, 0.05) is 61.2 Å². The Kier molecular flexibility index (Phi) is 8.26. The second-order valence-electron chi connectivity index (χ2n) is 17.2. The van der Waals surface area contributed by atoms with Gasteiger partial charge in [-0.3, -0.25) is 9.69 Å². The molecule has 10 nitrogen and oxygen atoms in total. The van der Waals surface area contributed by atoms with Crippen LogP contribution in [0.3, 0.4) is 0 Å². The van der Waals surface area contributed by atoms with Crippen molar-refractivity contribution in [1.29, 1.82) is 0 Å². The first-order valence-electron chi connectivity index (χ1n) is 19.7. The SMILES string of the molecule is C#Cc1c(F)ccc2cc(O)cc(-c3nc(OC)c4c(N5CC6CC7(C(=O)C8(C(F)(F)F)CC8)CC(C5)N67)nc(OCC5(CN6CCC(F)CC6)CC5)nc4c3F)c12. The molecular weight excluding hydrogens is 766 g/mol. The van der Waals surface area contributed by atoms with Gasteiger partial charge in [0.15, 0.2) is 11.6 Å². The molecule has 4 aliphatic heterocycles. The lowest BCUT2D eigenvalue weighted by molar-refractivity contribution is -0.233. The van der Waals surface area contributed by atoms with Crippen LogP contribution in [0.4, 0.5) is 32.2 Å². The number of terminal acetylenes is 1. The van der Waals surface area contributed by atoms with Crippen LogP contribution in [0, 0.1) is 34.8 Å². The predicted octanol–water partition coefficient (Wildman–Crippen LogP) is 6.73. The average Bonchev–Trinajstić information content (AvgIpc) is 4.12. The largest absolute Gasteiger partial charge is 0.508 e. The molecule has 2 aromatic heterocycles. The maximum Gasteiger partial charge on any atom is 0.401 e. The van der Waals surface area contributed by atoms with Crippen LogP contribution in [0.25, 0.3) is 32.9 Å². The molecule has 2 unspecified atom stereocenters. The highest BCUT2D eigenvalue weighted by Crippen LogP contribution is 2.66. The number of carbonyl (C=O) groups is 1. The van der Waals surface area contributed by atoms with Gasteiger partial charge in [0.25, 0.3) is 0 Å². The second-order valence-corrected chi connectivity index (χ2v) is 17.2. The first-order chi connectivity index (χ1) is 27.7. The highest BCUT2D eigenvalue weighted by Gasteiger charge is 2.78. The van der Waals surface area contributed by atoms with Gasteiger partial charge in [-0.05, 0) is 75.0 Å². The molecule has 2 aromatic carbocycles. The van der Waals surface area contributed by atoms with Gasteiger partial charge in [0.1, 0.15) is 45.6 Å². The highest BCUT2D eigenvalue weighted by atomic mass is 19.4. The molecule has 6 fully saturated rings. The number of ketones is 1. The number of phenols is 1. The summed E-state index contributed by atoms with van der Waals surface area (Å²) in [6, 6.07) is 4.57. The second kappa shape index (κ2) is 12.8. The number of Topliss-reactive ketones (excluding diaryl/α,β-unsaturated/α-hetero) is 1. The number of fused-ring (bicyclic) bond motifs is 2. The van der Waals surface area contributed by atoms with Crippen molar-refractivity contribution in [2.45, 2.75) is 81.3 Å². The number of methoxy groups -OCH3 is 1. The molecule has 4 aromatic rings. The van der Waals surface area contributed by atoms with E-state index in [9.17, 15) is 27.5 Å². The Morgan fingerprint density at radius 1 is 1.02 bits per heavy atom. The molecule has 6 heterocycles. The monoisotopic (exact) mass is 806 g/mol. The van der Waals surface area contributed by atoms with E-state index < -0.39 is 40.7 Å². The standard InChI is InChI=1S/C42H40F6N6O4/c1-3-27-29(44)5-4-22-14-26(55)15-28(30(22)27)33-32(45)34-31(36(49-33)57-2)35(51-38(50-34)58-21-39(8-9-39)20-52-12-6-23(43)7-13-52)53-18-24-16-41(17-25(19-53)54(24)41)37(56)40(10-11-40)42(46,47)48/h1,4-5,14-15,23-25,55H,6-13,16-21H2,2H3. The summed E-state index contributed by atoms with van der Waals surface area (Å²) in [6.07, 6.45) is 3.19. The molecule has 58 heavy (non-hydrogen) atoms. The van der Waals surface area contributed by atoms with E-state index in [4.69, 9.17) is 20.9 Å². The van der Waals surface area contributed by atoms with E-state index in [1.54, 1.807) is 0 Å². The number of halogens is 6. The molecule has 2 saturated carbocycles. The zero-order valence-corrected chi connectivity index (χ0v) is 31.6. The number of nitrogens with zero attached hydrogens (tertiary/aromatic N) is 6. The fourth-order valence-corrected chi connectivity index (χ4v) is 10.4. The molecule has 2 aliphatic carbocycles. The van der Waals surface area contributed by atoms with Crippen molar-refractivity contribution in [1.82, 2.24) is 24.8 Å². The number of phenolic OH excluding ortho intramolecular Hbond substituents is 1. The zero-order chi connectivity index (χ0) is 40.5. The van der Waals surface area contributed by atoms with Crippen LogP contribution in [0.5, 0.6) is 17.6 Å². The number of ether oxygens (including phenoxy) is 2. The summed E-state index contributed by atoms with van der Waals surface area (Å²) >= 11 is 0. The topological polar surface area (TPSA) is 104 Å². The van der Waals surface area contributed by atoms with Gasteiger partial charge in [0.05, 0.1) is 24.8 Å². The Balaban J connectivity index is 1.04. The zero-order valence-electron chi connectivity index (χ0n) is 31.6. The van der Waals surface area contributed by atoms with Gasteiger partial charge in [-0.15, -0.1) is 6.42 Å². The molecule has 6 aliphatic rings. The van der Waals surface area contributed by atoms with Crippen molar-refractivity contribution in [3.05, 3.63) is 41.5 Å². The van der Waals surface area contributed by atoms with E-state index >= 15 is 8.78 Å². The summed E-state index contributed by atoms with van der Waals surface area (Å²) in [5.74, 6) is -0.125. The number of likely N-dealkylation sites (tertiary alicyclic amines) is 1. The number of rotatable bonds is 10. The van der Waals surface area contributed by atoms with Crippen LogP contribution in [0.1, 0.15) is 56.9 Å². The summed E-state index contributed by atoms with van der Waals surface area (Å²) < 4.78 is 100. The first kappa shape index (κ1) is 37.4. The van der Waals surface area contributed by atoms with Gasteiger partial charge in [0.2, 0.25) is 5.88 Å². The smallest absolute Gasteiger partial charge is 0.401 e. The minimum Gasteiger partial charge on any atom is -0.508 e. The molecule has 2 atom stereocenters. The van der Waals surface area contributed by atoms with Crippen LogP contribution < -0.4 is 14.4 Å². The molecule has 0 amide bonds. The number of hydrogen-bond donors (Lipinski definition) is 1. The number of anilines is 1. The van der Waals surface area contributed by atoms with Crippen LogP contribution in [-0.4, -0.2) is 112 Å². The molecule has 1 N–H and O–H groups in total. The molecule has 0 radical (unpaired) electrons.